The maximum absolute atomic E-state index is 13.2. The van der Waals surface area contributed by atoms with Crippen molar-refractivity contribution in [1.82, 2.24) is 5.32 Å². The van der Waals surface area contributed by atoms with Crippen LogP contribution in [0.25, 0.3) is 0 Å². The molecular formula is C12H16ClF2N. The normalized spacial score (nSPS) is 13.2. The zero-order valence-corrected chi connectivity index (χ0v) is 10.4. The number of hydrogen-bond acceptors (Lipinski definition) is 1. The van der Waals surface area contributed by atoms with E-state index in [1.807, 2.05) is 20.8 Å². The van der Waals surface area contributed by atoms with Gasteiger partial charge < -0.3 is 5.32 Å². The smallest absolute Gasteiger partial charge is 0.160 e. The van der Waals surface area contributed by atoms with E-state index >= 15 is 0 Å². The molecule has 0 saturated heterocycles. The first kappa shape index (κ1) is 13.4. The summed E-state index contributed by atoms with van der Waals surface area (Å²) in [4.78, 5) is 0. The lowest BCUT2D eigenvalue weighted by molar-refractivity contribution is 0.417. The van der Waals surface area contributed by atoms with Crippen LogP contribution < -0.4 is 5.32 Å². The third-order valence-electron chi connectivity index (χ3n) is 2.47. The number of nitrogens with one attached hydrogen (secondary N) is 1. The van der Waals surface area contributed by atoms with Crippen LogP contribution in [-0.2, 0) is 0 Å². The van der Waals surface area contributed by atoms with Crippen molar-refractivity contribution in [1.29, 1.82) is 0 Å². The molecule has 90 valence electrons. The van der Waals surface area contributed by atoms with E-state index in [0.29, 0.717) is 5.56 Å². The fourth-order valence-corrected chi connectivity index (χ4v) is 1.97. The van der Waals surface area contributed by atoms with Gasteiger partial charge in [0.15, 0.2) is 11.6 Å². The van der Waals surface area contributed by atoms with Gasteiger partial charge in [0.25, 0.3) is 0 Å². The van der Waals surface area contributed by atoms with E-state index in [1.165, 1.54) is 6.07 Å². The summed E-state index contributed by atoms with van der Waals surface area (Å²) in [7, 11) is 0. The largest absolute Gasteiger partial charge is 0.310 e. The lowest BCUT2D eigenvalue weighted by Crippen LogP contribution is -2.26. The van der Waals surface area contributed by atoms with Gasteiger partial charge in [0.2, 0.25) is 0 Å². The van der Waals surface area contributed by atoms with E-state index in [2.05, 4.69) is 5.32 Å². The molecule has 0 bridgehead atoms. The summed E-state index contributed by atoms with van der Waals surface area (Å²) in [6, 6.07) is 2.14. The summed E-state index contributed by atoms with van der Waals surface area (Å²) in [5, 5.41) is 3.47. The molecule has 1 aromatic carbocycles. The molecule has 1 N–H and O–H groups in total. The molecule has 4 heteroatoms. The Bertz CT molecular complexity index is 366. The van der Waals surface area contributed by atoms with Crippen LogP contribution in [0.15, 0.2) is 12.1 Å². The van der Waals surface area contributed by atoms with Crippen molar-refractivity contribution >= 4 is 11.6 Å². The first-order valence-electron chi connectivity index (χ1n) is 5.35. The van der Waals surface area contributed by atoms with E-state index in [9.17, 15) is 8.78 Å². The van der Waals surface area contributed by atoms with Gasteiger partial charge in [0.1, 0.15) is 0 Å². The predicted molar refractivity (Wildman–Crippen MR) is 62.6 cm³/mol. The summed E-state index contributed by atoms with van der Waals surface area (Å²) in [6.07, 6.45) is 0. The minimum Gasteiger partial charge on any atom is -0.310 e. The van der Waals surface area contributed by atoms with Gasteiger partial charge in [0.05, 0.1) is 0 Å². The fourth-order valence-electron chi connectivity index (χ4n) is 1.70. The van der Waals surface area contributed by atoms with Crippen LogP contribution >= 0.6 is 11.6 Å². The fraction of sp³-hybridized carbons (Fsp3) is 0.500. The molecule has 0 heterocycles. The molecule has 0 aliphatic heterocycles. The Labute approximate surface area is 99.8 Å². The van der Waals surface area contributed by atoms with Crippen LogP contribution in [0.4, 0.5) is 8.78 Å². The summed E-state index contributed by atoms with van der Waals surface area (Å²) < 4.78 is 26.1. The Kier molecular flexibility index (Phi) is 4.69. The molecule has 1 atom stereocenters. The van der Waals surface area contributed by atoms with Crippen LogP contribution in [0.3, 0.4) is 0 Å². The van der Waals surface area contributed by atoms with Crippen molar-refractivity contribution in [3.8, 4) is 0 Å². The number of rotatable bonds is 4. The lowest BCUT2D eigenvalue weighted by atomic mass is 9.96. The highest BCUT2D eigenvalue weighted by Crippen LogP contribution is 2.30. The van der Waals surface area contributed by atoms with Crippen molar-refractivity contribution < 1.29 is 8.78 Å². The third-order valence-corrected chi connectivity index (χ3v) is 2.79. The van der Waals surface area contributed by atoms with Gasteiger partial charge in [-0.3, -0.25) is 0 Å². The average molecular weight is 248 g/mol. The van der Waals surface area contributed by atoms with Gasteiger partial charge in [-0.15, -0.1) is 0 Å². The Morgan fingerprint density at radius 3 is 2.31 bits per heavy atom. The second-order valence-electron chi connectivity index (χ2n) is 4.07. The van der Waals surface area contributed by atoms with E-state index < -0.39 is 11.6 Å². The van der Waals surface area contributed by atoms with Crippen LogP contribution in [0, 0.1) is 17.6 Å². The van der Waals surface area contributed by atoms with E-state index in [1.54, 1.807) is 0 Å². The molecule has 0 aliphatic rings. The van der Waals surface area contributed by atoms with Gasteiger partial charge in [-0.25, -0.2) is 8.78 Å². The Morgan fingerprint density at radius 1 is 1.25 bits per heavy atom. The van der Waals surface area contributed by atoms with Crippen LogP contribution in [-0.4, -0.2) is 6.54 Å². The van der Waals surface area contributed by atoms with Crippen molar-refractivity contribution in [3.63, 3.8) is 0 Å². The first-order chi connectivity index (χ1) is 7.47. The quantitative estimate of drug-likeness (QED) is 0.795. The standard InChI is InChI=1S/C12H16ClF2N/c1-4-16-12(7(2)3)8-5-10(14)11(15)6-9(8)13/h5-7,12,16H,4H2,1-3H3. The van der Waals surface area contributed by atoms with Gasteiger partial charge in [-0.1, -0.05) is 32.4 Å². The summed E-state index contributed by atoms with van der Waals surface area (Å²) in [5.41, 5.74) is 0.609. The molecule has 0 radical (unpaired) electrons. The van der Waals surface area contributed by atoms with Gasteiger partial charge in [-0.05, 0) is 30.2 Å². The molecule has 0 aliphatic carbocycles. The third kappa shape index (κ3) is 2.92. The minimum absolute atomic E-state index is 0.0624. The van der Waals surface area contributed by atoms with Gasteiger partial charge >= 0.3 is 0 Å². The van der Waals surface area contributed by atoms with E-state index in [0.717, 1.165) is 12.6 Å². The molecule has 16 heavy (non-hydrogen) atoms. The van der Waals surface area contributed by atoms with Crippen molar-refractivity contribution in [2.24, 2.45) is 5.92 Å². The van der Waals surface area contributed by atoms with Gasteiger partial charge in [-0.2, -0.15) is 0 Å². The molecule has 1 aromatic rings. The average Bonchev–Trinajstić information content (AvgIpc) is 2.20. The molecular weight excluding hydrogens is 232 g/mol. The lowest BCUT2D eigenvalue weighted by Gasteiger charge is -2.23. The number of hydrogen-bond donors (Lipinski definition) is 1. The Hall–Kier alpha value is -0.670. The second-order valence-corrected chi connectivity index (χ2v) is 4.47. The van der Waals surface area contributed by atoms with E-state index in [-0.39, 0.29) is 17.0 Å². The molecule has 0 saturated carbocycles. The highest BCUT2D eigenvalue weighted by Gasteiger charge is 2.19. The monoisotopic (exact) mass is 247 g/mol. The van der Waals surface area contributed by atoms with Crippen molar-refractivity contribution in [3.05, 3.63) is 34.4 Å². The molecule has 0 fully saturated rings. The topological polar surface area (TPSA) is 12.0 Å². The minimum atomic E-state index is -0.909. The summed E-state index contributed by atoms with van der Waals surface area (Å²) in [5.74, 6) is -1.52. The molecule has 1 rings (SSSR count). The molecule has 1 unspecified atom stereocenters. The highest BCUT2D eigenvalue weighted by molar-refractivity contribution is 6.31. The molecule has 0 spiro atoms. The Morgan fingerprint density at radius 2 is 1.81 bits per heavy atom. The van der Waals surface area contributed by atoms with Crippen LogP contribution in [0.1, 0.15) is 32.4 Å². The zero-order chi connectivity index (χ0) is 12.3. The van der Waals surface area contributed by atoms with Crippen molar-refractivity contribution in [2.75, 3.05) is 6.54 Å². The van der Waals surface area contributed by atoms with E-state index in [4.69, 9.17) is 11.6 Å². The van der Waals surface area contributed by atoms with Crippen molar-refractivity contribution in [2.45, 2.75) is 26.8 Å². The first-order valence-corrected chi connectivity index (χ1v) is 5.73. The predicted octanol–water partition coefficient (Wildman–Crippen LogP) is 3.92. The SMILES string of the molecule is CCNC(c1cc(F)c(F)cc1Cl)C(C)C. The number of benzene rings is 1. The molecule has 0 aromatic heterocycles. The van der Waals surface area contributed by atoms with Crippen LogP contribution in [0.2, 0.25) is 5.02 Å². The maximum atomic E-state index is 13.2. The molecule has 0 amide bonds. The zero-order valence-electron chi connectivity index (χ0n) is 9.65. The highest BCUT2D eigenvalue weighted by atomic mass is 35.5. The van der Waals surface area contributed by atoms with Crippen LogP contribution in [0.5, 0.6) is 0 Å². The molecule has 1 nitrogen and oxygen atoms in total. The van der Waals surface area contributed by atoms with Gasteiger partial charge in [0, 0.05) is 11.1 Å². The summed E-state index contributed by atoms with van der Waals surface area (Å²) in [6.45, 7) is 6.72. The second kappa shape index (κ2) is 5.60. The Balaban J connectivity index is 3.13. The summed E-state index contributed by atoms with van der Waals surface area (Å²) >= 11 is 5.93. The number of halogens is 3. The maximum Gasteiger partial charge on any atom is 0.160 e.